The average molecular weight is 162 g/mol. The molecule has 62 valence electrons. The van der Waals surface area contributed by atoms with Crippen molar-refractivity contribution in [2.45, 2.75) is 13.3 Å². The minimum atomic E-state index is 0.353. The van der Waals surface area contributed by atoms with Gasteiger partial charge in [-0.05, 0) is 6.42 Å². The Kier molecular flexibility index (Phi) is 3.03. The second kappa shape index (κ2) is 4.29. The second-order valence-corrected chi connectivity index (χ2v) is 2.29. The highest BCUT2D eigenvalue weighted by Crippen LogP contribution is 2.05. The molecule has 1 aromatic rings. The maximum absolute atomic E-state index is 8.63. The van der Waals surface area contributed by atoms with Gasteiger partial charge in [-0.25, -0.2) is 9.97 Å². The van der Waals surface area contributed by atoms with Gasteiger partial charge >= 0.3 is 0 Å². The van der Waals surface area contributed by atoms with Crippen molar-refractivity contribution in [2.75, 3.05) is 11.9 Å². The van der Waals surface area contributed by atoms with Crippen LogP contribution in [0.2, 0.25) is 0 Å². The van der Waals surface area contributed by atoms with Crippen LogP contribution < -0.4 is 5.32 Å². The minimum Gasteiger partial charge on any atom is -0.368 e. The molecule has 12 heavy (non-hydrogen) atoms. The van der Waals surface area contributed by atoms with Gasteiger partial charge in [0.1, 0.15) is 6.07 Å². The van der Waals surface area contributed by atoms with Gasteiger partial charge in [0.05, 0.1) is 0 Å². The summed E-state index contributed by atoms with van der Waals surface area (Å²) in [5.74, 6) is 0.571. The Morgan fingerprint density at radius 3 is 2.92 bits per heavy atom. The van der Waals surface area contributed by atoms with Crippen molar-refractivity contribution in [3.05, 3.63) is 18.1 Å². The number of hydrogen-bond acceptors (Lipinski definition) is 4. The van der Waals surface area contributed by atoms with Crippen molar-refractivity contribution in [3.63, 3.8) is 0 Å². The normalized spacial score (nSPS) is 9.00. The van der Waals surface area contributed by atoms with Gasteiger partial charge in [0.25, 0.3) is 0 Å². The zero-order valence-electron chi connectivity index (χ0n) is 6.91. The third kappa shape index (κ3) is 1.92. The first-order valence-electron chi connectivity index (χ1n) is 3.83. The van der Waals surface area contributed by atoms with Crippen molar-refractivity contribution in [1.29, 1.82) is 5.26 Å². The number of hydrogen-bond donors (Lipinski definition) is 1. The van der Waals surface area contributed by atoms with Gasteiger partial charge in [0.2, 0.25) is 0 Å². The maximum Gasteiger partial charge on any atom is 0.182 e. The minimum absolute atomic E-state index is 0.353. The molecule has 0 aromatic carbocycles. The van der Waals surface area contributed by atoms with Gasteiger partial charge in [-0.1, -0.05) is 6.92 Å². The van der Waals surface area contributed by atoms with E-state index >= 15 is 0 Å². The van der Waals surface area contributed by atoms with Gasteiger partial charge < -0.3 is 5.32 Å². The number of nitriles is 1. The van der Waals surface area contributed by atoms with Crippen molar-refractivity contribution in [3.8, 4) is 6.07 Å². The smallest absolute Gasteiger partial charge is 0.182 e. The molecule has 0 unspecified atom stereocenters. The summed E-state index contributed by atoms with van der Waals surface area (Å²) in [6, 6.07) is 1.97. The summed E-state index contributed by atoms with van der Waals surface area (Å²) in [6.45, 7) is 2.86. The Morgan fingerprint density at radius 1 is 1.50 bits per heavy atom. The van der Waals surface area contributed by atoms with E-state index in [4.69, 9.17) is 5.26 Å². The average Bonchev–Trinajstić information content (AvgIpc) is 2.15. The van der Waals surface area contributed by atoms with E-state index < -0.39 is 0 Å². The highest BCUT2D eigenvalue weighted by Gasteiger charge is 2.00. The molecule has 0 radical (unpaired) electrons. The fraction of sp³-hybridized carbons (Fsp3) is 0.375. The maximum atomic E-state index is 8.63. The summed E-state index contributed by atoms with van der Waals surface area (Å²) >= 11 is 0. The van der Waals surface area contributed by atoms with Crippen LogP contribution in [-0.2, 0) is 0 Å². The van der Waals surface area contributed by atoms with Crippen molar-refractivity contribution >= 4 is 5.82 Å². The molecule has 0 amide bonds. The van der Waals surface area contributed by atoms with Crippen LogP contribution in [0.3, 0.4) is 0 Å². The largest absolute Gasteiger partial charge is 0.368 e. The molecule has 1 N–H and O–H groups in total. The van der Waals surface area contributed by atoms with Crippen LogP contribution in [0.25, 0.3) is 0 Å². The molecule has 0 fully saturated rings. The second-order valence-electron chi connectivity index (χ2n) is 2.29. The van der Waals surface area contributed by atoms with Crippen LogP contribution in [0.15, 0.2) is 12.4 Å². The summed E-state index contributed by atoms with van der Waals surface area (Å²) in [6.07, 6.45) is 4.08. The van der Waals surface area contributed by atoms with Gasteiger partial charge in [0, 0.05) is 18.9 Å². The van der Waals surface area contributed by atoms with Crippen LogP contribution >= 0.6 is 0 Å². The van der Waals surface area contributed by atoms with Crippen LogP contribution in [0.1, 0.15) is 19.0 Å². The van der Waals surface area contributed by atoms with E-state index in [0.29, 0.717) is 11.5 Å². The van der Waals surface area contributed by atoms with E-state index in [1.807, 2.05) is 6.07 Å². The van der Waals surface area contributed by atoms with E-state index in [9.17, 15) is 0 Å². The lowest BCUT2D eigenvalue weighted by atomic mass is 10.4. The van der Waals surface area contributed by atoms with E-state index in [-0.39, 0.29) is 0 Å². The number of nitrogens with zero attached hydrogens (tertiary/aromatic N) is 3. The van der Waals surface area contributed by atoms with Crippen LogP contribution in [0, 0.1) is 11.3 Å². The molecule has 0 aliphatic heterocycles. The summed E-state index contributed by atoms with van der Waals surface area (Å²) in [5, 5.41) is 11.6. The SMILES string of the molecule is CCCNc1nccnc1C#N. The fourth-order valence-corrected chi connectivity index (χ4v) is 0.793. The molecule has 0 saturated carbocycles. The molecule has 1 heterocycles. The van der Waals surface area contributed by atoms with Crippen LogP contribution in [0.4, 0.5) is 5.82 Å². The quantitative estimate of drug-likeness (QED) is 0.724. The molecule has 0 bridgehead atoms. The third-order valence-corrected chi connectivity index (χ3v) is 1.35. The number of anilines is 1. The fourth-order valence-electron chi connectivity index (χ4n) is 0.793. The molecule has 0 aliphatic rings. The highest BCUT2D eigenvalue weighted by atomic mass is 15.0. The molecule has 0 saturated heterocycles. The monoisotopic (exact) mass is 162 g/mol. The first-order chi connectivity index (χ1) is 5.88. The Morgan fingerprint density at radius 2 is 2.25 bits per heavy atom. The molecule has 0 aliphatic carbocycles. The Labute approximate surface area is 71.3 Å². The lowest BCUT2D eigenvalue weighted by molar-refractivity contribution is 0.961. The highest BCUT2D eigenvalue weighted by molar-refractivity contribution is 5.46. The number of rotatable bonds is 3. The standard InChI is InChI=1S/C8H10N4/c1-2-3-11-8-7(6-9)10-4-5-12-8/h4-5H,2-3H2,1H3,(H,11,12). The predicted octanol–water partition coefficient (Wildman–Crippen LogP) is 1.17. The van der Waals surface area contributed by atoms with Gasteiger partial charge in [-0.3, -0.25) is 0 Å². The molecular weight excluding hydrogens is 152 g/mol. The molecule has 1 aromatic heterocycles. The molecule has 0 atom stereocenters. The number of nitrogens with one attached hydrogen (secondary N) is 1. The first kappa shape index (κ1) is 8.47. The lowest BCUT2D eigenvalue weighted by Gasteiger charge is -2.02. The summed E-state index contributed by atoms with van der Waals surface area (Å²) in [5.41, 5.74) is 0.353. The van der Waals surface area contributed by atoms with Crippen LogP contribution in [0.5, 0.6) is 0 Å². The van der Waals surface area contributed by atoms with E-state index in [1.165, 1.54) is 6.20 Å². The van der Waals surface area contributed by atoms with Gasteiger partial charge in [-0.2, -0.15) is 5.26 Å². The van der Waals surface area contributed by atoms with Crippen LogP contribution in [-0.4, -0.2) is 16.5 Å². The zero-order chi connectivity index (χ0) is 8.81. The Balaban J connectivity index is 2.77. The lowest BCUT2D eigenvalue weighted by Crippen LogP contribution is -2.04. The third-order valence-electron chi connectivity index (χ3n) is 1.35. The van der Waals surface area contributed by atoms with E-state index in [2.05, 4.69) is 22.2 Å². The summed E-state index contributed by atoms with van der Waals surface area (Å²) < 4.78 is 0. The Hall–Kier alpha value is -1.63. The predicted molar refractivity (Wildman–Crippen MR) is 45.5 cm³/mol. The topological polar surface area (TPSA) is 61.6 Å². The molecular formula is C8H10N4. The number of aromatic nitrogens is 2. The van der Waals surface area contributed by atoms with Crippen molar-refractivity contribution in [2.24, 2.45) is 0 Å². The van der Waals surface area contributed by atoms with Gasteiger partial charge in [-0.15, -0.1) is 0 Å². The first-order valence-corrected chi connectivity index (χ1v) is 3.83. The zero-order valence-corrected chi connectivity index (χ0v) is 6.91. The summed E-state index contributed by atoms with van der Waals surface area (Å²) in [4.78, 5) is 7.85. The molecule has 1 rings (SSSR count). The molecule has 4 heteroatoms. The summed E-state index contributed by atoms with van der Waals surface area (Å²) in [7, 11) is 0. The molecule has 4 nitrogen and oxygen atoms in total. The van der Waals surface area contributed by atoms with Crippen molar-refractivity contribution < 1.29 is 0 Å². The van der Waals surface area contributed by atoms with E-state index in [1.54, 1.807) is 6.20 Å². The molecule has 0 spiro atoms. The van der Waals surface area contributed by atoms with Crippen molar-refractivity contribution in [1.82, 2.24) is 9.97 Å². The van der Waals surface area contributed by atoms with E-state index in [0.717, 1.165) is 13.0 Å². The Bertz CT molecular complexity index is 289. The van der Waals surface area contributed by atoms with Gasteiger partial charge in [0.15, 0.2) is 11.5 Å².